The minimum absolute atomic E-state index is 0.179. The Morgan fingerprint density at radius 2 is 2.03 bits per heavy atom. The van der Waals surface area contributed by atoms with Gasteiger partial charge in [-0.3, -0.25) is 4.79 Å². The van der Waals surface area contributed by atoms with Gasteiger partial charge >= 0.3 is 0 Å². The highest BCUT2D eigenvalue weighted by Crippen LogP contribution is 2.29. The molecule has 0 aromatic carbocycles. The predicted molar refractivity (Wildman–Crippen MR) is 124 cm³/mol. The summed E-state index contributed by atoms with van der Waals surface area (Å²) in [5, 5.41) is 3.90. The molecule has 1 saturated heterocycles. The van der Waals surface area contributed by atoms with Crippen LogP contribution in [0.2, 0.25) is 0 Å². The fourth-order valence-corrected chi connectivity index (χ4v) is 5.00. The van der Waals surface area contributed by atoms with Crippen molar-refractivity contribution in [3.8, 4) is 0 Å². The molecule has 1 aliphatic rings. The Bertz CT molecular complexity index is 1290. The van der Waals surface area contributed by atoms with Crippen molar-refractivity contribution in [3.05, 3.63) is 46.9 Å². The van der Waals surface area contributed by atoms with Gasteiger partial charge in [-0.05, 0) is 52.6 Å². The molecule has 0 unspecified atom stereocenters. The number of anilines is 2. The van der Waals surface area contributed by atoms with Gasteiger partial charge in [-0.25, -0.2) is 15.0 Å². The van der Waals surface area contributed by atoms with Crippen molar-refractivity contribution in [2.45, 2.75) is 26.3 Å². The SMILES string of the molecule is Cc1cn2cc(NC(=O)c3cc4ccc(N5CC[C@H](N(C)C)C5)nc4s3)nc(C)c2n1. The zero-order chi connectivity index (χ0) is 21.7. The smallest absolute Gasteiger partial charge is 0.267 e. The lowest BCUT2D eigenvalue weighted by Crippen LogP contribution is -2.31. The number of nitrogens with zero attached hydrogens (tertiary/aromatic N) is 6. The number of carbonyl (C=O) groups is 1. The second-order valence-corrected chi connectivity index (χ2v) is 9.34. The number of rotatable bonds is 4. The van der Waals surface area contributed by atoms with E-state index in [1.54, 1.807) is 6.20 Å². The Morgan fingerprint density at radius 1 is 1.19 bits per heavy atom. The van der Waals surface area contributed by atoms with Gasteiger partial charge < -0.3 is 19.5 Å². The van der Waals surface area contributed by atoms with Crippen molar-refractivity contribution in [2.75, 3.05) is 37.4 Å². The van der Waals surface area contributed by atoms with Crippen molar-refractivity contribution < 1.29 is 4.79 Å². The number of amides is 1. The van der Waals surface area contributed by atoms with Crippen molar-refractivity contribution in [3.63, 3.8) is 0 Å². The van der Waals surface area contributed by atoms with Crippen LogP contribution in [0.4, 0.5) is 11.6 Å². The Labute approximate surface area is 184 Å². The fraction of sp³-hybridized carbons (Fsp3) is 0.364. The second-order valence-electron chi connectivity index (χ2n) is 8.31. The molecule has 0 saturated carbocycles. The molecule has 31 heavy (non-hydrogen) atoms. The van der Waals surface area contributed by atoms with Gasteiger partial charge in [0.05, 0.1) is 22.5 Å². The van der Waals surface area contributed by atoms with Gasteiger partial charge in [0.2, 0.25) is 0 Å². The molecule has 9 heteroatoms. The molecule has 5 heterocycles. The minimum atomic E-state index is -0.179. The van der Waals surface area contributed by atoms with Crippen LogP contribution >= 0.6 is 11.3 Å². The Balaban J connectivity index is 1.37. The number of pyridine rings is 1. The Kier molecular flexibility index (Phi) is 4.86. The van der Waals surface area contributed by atoms with Crippen LogP contribution in [0.25, 0.3) is 15.9 Å². The standard InChI is InChI=1S/C22H25N7OS/c1-13-10-29-12-18(24-14(2)20(29)23-13)25-21(30)17-9-15-5-6-19(26-22(15)31-17)28-8-7-16(11-28)27(3)4/h5-6,9-10,12,16H,7-8,11H2,1-4H3,(H,25,30)/t16-/m0/s1. The maximum atomic E-state index is 12.9. The van der Waals surface area contributed by atoms with E-state index in [9.17, 15) is 4.79 Å². The fourth-order valence-electron chi connectivity index (χ4n) is 4.08. The lowest BCUT2D eigenvalue weighted by molar-refractivity contribution is 0.103. The van der Waals surface area contributed by atoms with Crippen LogP contribution in [0, 0.1) is 13.8 Å². The Morgan fingerprint density at radius 3 is 2.81 bits per heavy atom. The summed E-state index contributed by atoms with van der Waals surface area (Å²) in [5.41, 5.74) is 2.48. The van der Waals surface area contributed by atoms with Gasteiger partial charge in [-0.1, -0.05) is 0 Å². The van der Waals surface area contributed by atoms with E-state index in [1.807, 2.05) is 30.5 Å². The number of thiophene rings is 1. The summed E-state index contributed by atoms with van der Waals surface area (Å²) in [6, 6.07) is 6.55. The second kappa shape index (κ2) is 7.58. The van der Waals surface area contributed by atoms with Crippen LogP contribution in [0.15, 0.2) is 30.6 Å². The maximum Gasteiger partial charge on any atom is 0.267 e. The highest BCUT2D eigenvalue weighted by atomic mass is 32.1. The highest BCUT2D eigenvalue weighted by Gasteiger charge is 2.25. The van der Waals surface area contributed by atoms with Gasteiger partial charge in [0.1, 0.15) is 16.5 Å². The zero-order valence-corrected chi connectivity index (χ0v) is 18.9. The highest BCUT2D eigenvalue weighted by molar-refractivity contribution is 7.20. The quantitative estimate of drug-likeness (QED) is 0.530. The molecule has 1 aliphatic heterocycles. The largest absolute Gasteiger partial charge is 0.355 e. The summed E-state index contributed by atoms with van der Waals surface area (Å²) in [6.45, 7) is 5.81. The van der Waals surface area contributed by atoms with Crippen LogP contribution in [-0.2, 0) is 0 Å². The third kappa shape index (κ3) is 3.75. The first-order chi connectivity index (χ1) is 14.9. The number of aryl methyl sites for hydroxylation is 2. The van der Waals surface area contributed by atoms with E-state index >= 15 is 0 Å². The van der Waals surface area contributed by atoms with Crippen molar-refractivity contribution in [1.82, 2.24) is 24.3 Å². The molecule has 0 aliphatic carbocycles. The molecule has 0 radical (unpaired) electrons. The third-order valence-corrected chi connectivity index (χ3v) is 6.82. The summed E-state index contributed by atoms with van der Waals surface area (Å²) in [4.78, 5) is 32.7. The zero-order valence-electron chi connectivity index (χ0n) is 18.1. The summed E-state index contributed by atoms with van der Waals surface area (Å²) in [6.07, 6.45) is 4.85. The van der Waals surface area contributed by atoms with Gasteiger partial charge in [0.25, 0.3) is 5.91 Å². The van der Waals surface area contributed by atoms with E-state index in [4.69, 9.17) is 4.98 Å². The maximum absolute atomic E-state index is 12.9. The van der Waals surface area contributed by atoms with Crippen LogP contribution in [-0.4, -0.2) is 63.4 Å². The summed E-state index contributed by atoms with van der Waals surface area (Å²) in [7, 11) is 4.24. The van der Waals surface area contributed by atoms with E-state index < -0.39 is 0 Å². The Hall–Kier alpha value is -3.04. The lowest BCUT2D eigenvalue weighted by Gasteiger charge is -2.21. The summed E-state index contributed by atoms with van der Waals surface area (Å²) >= 11 is 1.41. The van der Waals surface area contributed by atoms with E-state index in [0.717, 1.165) is 52.6 Å². The number of fused-ring (bicyclic) bond motifs is 2. The number of hydrogen-bond donors (Lipinski definition) is 1. The topological polar surface area (TPSA) is 78.7 Å². The van der Waals surface area contributed by atoms with Crippen LogP contribution in [0.1, 0.15) is 27.5 Å². The van der Waals surface area contributed by atoms with E-state index in [-0.39, 0.29) is 5.91 Å². The molecule has 1 N–H and O–H groups in total. The first kappa shape index (κ1) is 19.9. The molecule has 0 spiro atoms. The number of nitrogens with one attached hydrogen (secondary N) is 1. The number of likely N-dealkylation sites (N-methyl/N-ethyl adjacent to an activating group) is 1. The van der Waals surface area contributed by atoms with Crippen molar-refractivity contribution >= 4 is 44.7 Å². The average Bonchev–Trinajstić information content (AvgIpc) is 3.44. The first-order valence-electron chi connectivity index (χ1n) is 10.3. The number of imidazole rings is 1. The van der Waals surface area contributed by atoms with Gasteiger partial charge in [-0.15, -0.1) is 11.3 Å². The molecule has 4 aromatic heterocycles. The van der Waals surface area contributed by atoms with Crippen LogP contribution < -0.4 is 10.2 Å². The average molecular weight is 436 g/mol. The number of aromatic nitrogens is 4. The molecule has 160 valence electrons. The molecular weight excluding hydrogens is 410 g/mol. The van der Waals surface area contributed by atoms with E-state index in [1.165, 1.54) is 11.3 Å². The first-order valence-corrected chi connectivity index (χ1v) is 11.2. The van der Waals surface area contributed by atoms with E-state index in [0.29, 0.717) is 16.7 Å². The van der Waals surface area contributed by atoms with Gasteiger partial charge in [-0.2, -0.15) is 0 Å². The normalized spacial score (nSPS) is 16.7. The van der Waals surface area contributed by atoms with Crippen molar-refractivity contribution in [1.29, 1.82) is 0 Å². The lowest BCUT2D eigenvalue weighted by atomic mass is 10.2. The summed E-state index contributed by atoms with van der Waals surface area (Å²) in [5.74, 6) is 1.30. The number of hydrogen-bond acceptors (Lipinski definition) is 7. The molecule has 0 bridgehead atoms. The van der Waals surface area contributed by atoms with Gasteiger partial charge in [0.15, 0.2) is 5.65 Å². The third-order valence-electron chi connectivity index (χ3n) is 5.78. The monoisotopic (exact) mass is 435 g/mol. The predicted octanol–water partition coefficient (Wildman–Crippen LogP) is 3.35. The van der Waals surface area contributed by atoms with Crippen LogP contribution in [0.5, 0.6) is 0 Å². The van der Waals surface area contributed by atoms with Crippen molar-refractivity contribution in [2.24, 2.45) is 0 Å². The van der Waals surface area contributed by atoms with Crippen LogP contribution in [0.3, 0.4) is 0 Å². The molecular formula is C22H25N7OS. The molecule has 4 aromatic rings. The van der Waals surface area contributed by atoms with Gasteiger partial charge in [0, 0.05) is 30.7 Å². The minimum Gasteiger partial charge on any atom is -0.355 e. The summed E-state index contributed by atoms with van der Waals surface area (Å²) < 4.78 is 1.89. The van der Waals surface area contributed by atoms with E-state index in [2.05, 4.69) is 51.3 Å². The molecule has 1 atom stereocenters. The number of carbonyl (C=O) groups excluding carboxylic acids is 1. The molecule has 1 amide bonds. The molecule has 1 fully saturated rings. The molecule has 5 rings (SSSR count). The molecule has 8 nitrogen and oxygen atoms in total.